The number of aliphatic hydroxyl groups excluding tert-OH is 1. The molecule has 1 saturated heterocycles. The number of hydrogen-bond donors (Lipinski definition) is 2. The predicted molar refractivity (Wildman–Crippen MR) is 102 cm³/mol. The molecular formula is C21H27FN2O3. The summed E-state index contributed by atoms with van der Waals surface area (Å²) in [6.07, 6.45) is 0.682. The minimum Gasteiger partial charge on any atom is -0.504 e. The topological polar surface area (TPSA) is 56.2 Å². The fraction of sp³-hybridized carbons (Fsp3) is 0.429. The summed E-state index contributed by atoms with van der Waals surface area (Å²) in [6.45, 7) is 4.02. The van der Waals surface area contributed by atoms with E-state index >= 15 is 0 Å². The Labute approximate surface area is 159 Å². The van der Waals surface area contributed by atoms with Crippen LogP contribution in [0.1, 0.15) is 17.5 Å². The average molecular weight is 374 g/mol. The van der Waals surface area contributed by atoms with Gasteiger partial charge in [-0.1, -0.05) is 24.3 Å². The standard InChI is InChI=1S/C21H27FN2O3/c1-27-20-4-2-3-17(21(20)26)14-23-10-11-24(19(15-23)9-12-25)13-16-5-7-18(22)8-6-16/h2-8,19,25-26H,9-15H2,1H3/t19-/m1/s1. The molecule has 1 heterocycles. The van der Waals surface area contributed by atoms with Gasteiger partial charge in [0.2, 0.25) is 0 Å². The molecule has 0 unspecified atom stereocenters. The fourth-order valence-electron chi connectivity index (χ4n) is 3.66. The van der Waals surface area contributed by atoms with Gasteiger partial charge in [0.15, 0.2) is 11.5 Å². The van der Waals surface area contributed by atoms with Crippen LogP contribution in [-0.4, -0.2) is 59.4 Å². The van der Waals surface area contributed by atoms with Crippen molar-refractivity contribution in [1.82, 2.24) is 9.80 Å². The van der Waals surface area contributed by atoms with Crippen LogP contribution >= 0.6 is 0 Å². The van der Waals surface area contributed by atoms with Gasteiger partial charge in [0, 0.05) is 50.9 Å². The lowest BCUT2D eigenvalue weighted by atomic mass is 10.1. The molecule has 0 aromatic heterocycles. The number of benzene rings is 2. The van der Waals surface area contributed by atoms with Crippen molar-refractivity contribution in [3.8, 4) is 11.5 Å². The molecule has 0 spiro atoms. The lowest BCUT2D eigenvalue weighted by molar-refractivity contribution is 0.0496. The predicted octanol–water partition coefficient (Wildman–Crippen LogP) is 2.61. The number of hydrogen-bond acceptors (Lipinski definition) is 5. The first kappa shape index (κ1) is 19.6. The van der Waals surface area contributed by atoms with Crippen LogP contribution in [0.4, 0.5) is 4.39 Å². The van der Waals surface area contributed by atoms with Gasteiger partial charge in [0.1, 0.15) is 5.82 Å². The van der Waals surface area contributed by atoms with Crippen molar-refractivity contribution < 1.29 is 19.3 Å². The fourth-order valence-corrected chi connectivity index (χ4v) is 3.66. The number of methoxy groups -OCH3 is 1. The lowest BCUT2D eigenvalue weighted by Gasteiger charge is -2.41. The molecular weight excluding hydrogens is 347 g/mol. The number of piperazine rings is 1. The van der Waals surface area contributed by atoms with E-state index in [0.29, 0.717) is 18.7 Å². The van der Waals surface area contributed by atoms with Crippen molar-refractivity contribution in [3.63, 3.8) is 0 Å². The van der Waals surface area contributed by atoms with E-state index in [1.807, 2.05) is 24.3 Å². The number of aliphatic hydroxyl groups is 1. The highest BCUT2D eigenvalue weighted by Gasteiger charge is 2.27. The zero-order chi connectivity index (χ0) is 19.2. The Balaban J connectivity index is 1.65. The molecule has 2 aromatic rings. The molecule has 146 valence electrons. The van der Waals surface area contributed by atoms with Crippen LogP contribution in [-0.2, 0) is 13.1 Å². The zero-order valence-electron chi connectivity index (χ0n) is 15.6. The van der Waals surface area contributed by atoms with Crippen LogP contribution in [0.3, 0.4) is 0 Å². The number of ether oxygens (including phenoxy) is 1. The molecule has 0 radical (unpaired) electrons. The molecule has 0 amide bonds. The summed E-state index contributed by atoms with van der Waals surface area (Å²) in [5.41, 5.74) is 1.90. The Bertz CT molecular complexity index is 739. The molecule has 0 saturated carbocycles. The van der Waals surface area contributed by atoms with Crippen molar-refractivity contribution in [2.45, 2.75) is 25.6 Å². The first-order valence-corrected chi connectivity index (χ1v) is 9.27. The summed E-state index contributed by atoms with van der Waals surface area (Å²) in [5.74, 6) is 0.440. The second-order valence-corrected chi connectivity index (χ2v) is 6.97. The van der Waals surface area contributed by atoms with E-state index in [1.165, 1.54) is 12.1 Å². The molecule has 1 aliphatic rings. The summed E-state index contributed by atoms with van der Waals surface area (Å²) in [5, 5.41) is 19.8. The van der Waals surface area contributed by atoms with E-state index < -0.39 is 0 Å². The molecule has 6 heteroatoms. The van der Waals surface area contributed by atoms with Crippen LogP contribution in [0.25, 0.3) is 0 Å². The Kier molecular flexibility index (Phi) is 6.66. The van der Waals surface area contributed by atoms with Crippen molar-refractivity contribution in [3.05, 3.63) is 59.4 Å². The summed E-state index contributed by atoms with van der Waals surface area (Å²) < 4.78 is 18.3. The van der Waals surface area contributed by atoms with E-state index in [2.05, 4.69) is 9.80 Å². The van der Waals surface area contributed by atoms with Crippen LogP contribution < -0.4 is 4.74 Å². The van der Waals surface area contributed by atoms with Gasteiger partial charge in [-0.3, -0.25) is 9.80 Å². The van der Waals surface area contributed by atoms with E-state index in [9.17, 15) is 14.6 Å². The summed E-state index contributed by atoms with van der Waals surface area (Å²) in [6, 6.07) is 12.3. The van der Waals surface area contributed by atoms with Crippen LogP contribution in [0, 0.1) is 5.82 Å². The highest BCUT2D eigenvalue weighted by atomic mass is 19.1. The summed E-state index contributed by atoms with van der Waals surface area (Å²) in [7, 11) is 1.55. The minimum atomic E-state index is -0.228. The number of nitrogens with zero attached hydrogens (tertiary/aromatic N) is 2. The molecule has 1 aliphatic heterocycles. The van der Waals surface area contributed by atoms with Gasteiger partial charge in [-0.2, -0.15) is 0 Å². The quantitative estimate of drug-likeness (QED) is 0.780. The molecule has 2 aromatic carbocycles. The number of rotatable bonds is 7. The van der Waals surface area contributed by atoms with E-state index in [0.717, 1.165) is 37.3 Å². The molecule has 0 aliphatic carbocycles. The molecule has 1 fully saturated rings. The molecule has 5 nitrogen and oxygen atoms in total. The number of para-hydroxylation sites is 1. The van der Waals surface area contributed by atoms with E-state index in [-0.39, 0.29) is 24.2 Å². The maximum Gasteiger partial charge on any atom is 0.162 e. The molecule has 1 atom stereocenters. The number of aromatic hydroxyl groups is 1. The minimum absolute atomic E-state index is 0.128. The van der Waals surface area contributed by atoms with Crippen molar-refractivity contribution in [1.29, 1.82) is 0 Å². The second kappa shape index (κ2) is 9.17. The molecule has 3 rings (SSSR count). The monoisotopic (exact) mass is 374 g/mol. The van der Waals surface area contributed by atoms with Gasteiger partial charge in [0.25, 0.3) is 0 Å². The Morgan fingerprint density at radius 3 is 2.59 bits per heavy atom. The Hall–Kier alpha value is -2.15. The van der Waals surface area contributed by atoms with Gasteiger partial charge in [-0.15, -0.1) is 0 Å². The van der Waals surface area contributed by atoms with Crippen LogP contribution in [0.5, 0.6) is 11.5 Å². The third-order valence-electron chi connectivity index (χ3n) is 5.15. The molecule has 2 N–H and O–H groups in total. The van der Waals surface area contributed by atoms with Crippen LogP contribution in [0.15, 0.2) is 42.5 Å². The van der Waals surface area contributed by atoms with E-state index in [4.69, 9.17) is 4.74 Å². The largest absolute Gasteiger partial charge is 0.504 e. The van der Waals surface area contributed by atoms with Gasteiger partial charge < -0.3 is 14.9 Å². The normalized spacial score (nSPS) is 18.6. The summed E-state index contributed by atoms with van der Waals surface area (Å²) in [4.78, 5) is 4.63. The highest BCUT2D eigenvalue weighted by molar-refractivity contribution is 5.45. The third-order valence-corrected chi connectivity index (χ3v) is 5.15. The smallest absolute Gasteiger partial charge is 0.162 e. The third kappa shape index (κ3) is 4.97. The highest BCUT2D eigenvalue weighted by Crippen LogP contribution is 2.31. The number of phenolic OH excluding ortho intramolecular Hbond substituents is 1. The van der Waals surface area contributed by atoms with Crippen LogP contribution in [0.2, 0.25) is 0 Å². The average Bonchev–Trinajstić information content (AvgIpc) is 2.67. The van der Waals surface area contributed by atoms with Crippen molar-refractivity contribution in [2.24, 2.45) is 0 Å². The maximum atomic E-state index is 13.1. The van der Waals surface area contributed by atoms with Gasteiger partial charge in [-0.05, 0) is 30.2 Å². The Morgan fingerprint density at radius 1 is 1.11 bits per heavy atom. The second-order valence-electron chi connectivity index (χ2n) is 6.97. The van der Waals surface area contributed by atoms with E-state index in [1.54, 1.807) is 13.2 Å². The maximum absolute atomic E-state index is 13.1. The van der Waals surface area contributed by atoms with Gasteiger partial charge >= 0.3 is 0 Å². The lowest BCUT2D eigenvalue weighted by Crippen LogP contribution is -2.52. The first-order valence-electron chi connectivity index (χ1n) is 9.27. The van der Waals surface area contributed by atoms with Crippen molar-refractivity contribution >= 4 is 0 Å². The van der Waals surface area contributed by atoms with Gasteiger partial charge in [0.05, 0.1) is 7.11 Å². The zero-order valence-corrected chi connectivity index (χ0v) is 15.6. The first-order chi connectivity index (χ1) is 13.1. The number of halogens is 1. The SMILES string of the molecule is COc1cccc(CN2CCN(Cc3ccc(F)cc3)[C@H](CCO)C2)c1O. The van der Waals surface area contributed by atoms with Crippen molar-refractivity contribution in [2.75, 3.05) is 33.4 Å². The number of phenols is 1. The molecule has 0 bridgehead atoms. The molecule has 27 heavy (non-hydrogen) atoms. The summed E-state index contributed by atoms with van der Waals surface area (Å²) >= 11 is 0. The van der Waals surface area contributed by atoms with Gasteiger partial charge in [-0.25, -0.2) is 4.39 Å². The Morgan fingerprint density at radius 2 is 1.89 bits per heavy atom.